The van der Waals surface area contributed by atoms with Crippen LogP contribution < -0.4 is 5.32 Å². The number of nitrogens with zero attached hydrogens (tertiary/aromatic N) is 1. The van der Waals surface area contributed by atoms with Crippen LogP contribution in [-0.4, -0.2) is 29.9 Å². The Labute approximate surface area is 161 Å². The molecular weight excluding hydrogens is 363 g/mol. The molecule has 0 atom stereocenters. The van der Waals surface area contributed by atoms with Crippen LogP contribution in [0.2, 0.25) is 0 Å². The summed E-state index contributed by atoms with van der Waals surface area (Å²) in [4.78, 5) is 16.6. The van der Waals surface area contributed by atoms with Crippen LogP contribution in [0.15, 0.2) is 59.4 Å². The molecule has 4 rings (SSSR count). The summed E-state index contributed by atoms with van der Waals surface area (Å²) in [7, 11) is 0. The molecule has 1 fully saturated rings. The molecule has 27 heavy (non-hydrogen) atoms. The van der Waals surface area contributed by atoms with Crippen molar-refractivity contribution in [2.45, 2.75) is 25.4 Å². The molecule has 140 valence electrons. The maximum absolute atomic E-state index is 13.1. The summed E-state index contributed by atoms with van der Waals surface area (Å²) in [5.74, 6) is -0.167. The molecular formula is C21H21FN2O2S. The predicted molar refractivity (Wildman–Crippen MR) is 104 cm³/mol. The Morgan fingerprint density at radius 2 is 1.93 bits per heavy atom. The number of furan rings is 1. The van der Waals surface area contributed by atoms with E-state index in [1.54, 1.807) is 17.4 Å². The van der Waals surface area contributed by atoms with Crippen LogP contribution in [0.1, 0.15) is 28.1 Å². The van der Waals surface area contributed by atoms with Crippen molar-refractivity contribution in [3.63, 3.8) is 0 Å². The Morgan fingerprint density at radius 3 is 2.63 bits per heavy atom. The number of halogens is 1. The van der Waals surface area contributed by atoms with E-state index in [0.29, 0.717) is 11.6 Å². The zero-order valence-electron chi connectivity index (χ0n) is 14.9. The summed E-state index contributed by atoms with van der Waals surface area (Å²) < 4.78 is 18.1. The number of likely N-dealkylation sites (tertiary alicyclic amines) is 1. The van der Waals surface area contributed by atoms with E-state index in [9.17, 15) is 9.18 Å². The summed E-state index contributed by atoms with van der Waals surface area (Å²) >= 11 is 1.72. The van der Waals surface area contributed by atoms with Gasteiger partial charge in [-0.1, -0.05) is 12.1 Å². The third-order valence-electron chi connectivity index (χ3n) is 4.91. The minimum absolute atomic E-state index is 0.0457. The average Bonchev–Trinajstić information content (AvgIpc) is 3.39. The fourth-order valence-electron chi connectivity index (χ4n) is 3.34. The van der Waals surface area contributed by atoms with Crippen LogP contribution in [0.4, 0.5) is 4.39 Å². The third-order valence-corrected chi connectivity index (χ3v) is 6.04. The minimum atomic E-state index is -0.213. The minimum Gasteiger partial charge on any atom is -0.472 e. The molecule has 0 radical (unpaired) electrons. The fourth-order valence-corrected chi connectivity index (χ4v) is 4.31. The van der Waals surface area contributed by atoms with Crippen molar-refractivity contribution < 1.29 is 13.6 Å². The van der Waals surface area contributed by atoms with Crippen molar-refractivity contribution in [2.24, 2.45) is 0 Å². The smallest absolute Gasteiger partial charge is 0.257 e. The van der Waals surface area contributed by atoms with E-state index in [4.69, 9.17) is 4.42 Å². The lowest BCUT2D eigenvalue weighted by Gasteiger charge is -2.32. The van der Waals surface area contributed by atoms with Gasteiger partial charge < -0.3 is 14.6 Å². The Balaban J connectivity index is 1.27. The molecule has 3 aromatic rings. The third kappa shape index (κ3) is 4.28. The summed E-state index contributed by atoms with van der Waals surface area (Å²) in [6.45, 7) is 2.33. The number of amides is 1. The molecule has 1 aliphatic heterocycles. The van der Waals surface area contributed by atoms with E-state index in [-0.39, 0.29) is 11.7 Å². The van der Waals surface area contributed by atoms with E-state index in [1.165, 1.54) is 29.5 Å². The van der Waals surface area contributed by atoms with Crippen LogP contribution in [-0.2, 0) is 6.54 Å². The summed E-state index contributed by atoms with van der Waals surface area (Å²) in [6.07, 6.45) is 4.92. The van der Waals surface area contributed by atoms with Crippen molar-refractivity contribution in [1.82, 2.24) is 10.2 Å². The standard InChI is InChI=1S/C21H21FN2O2S/c22-17-3-1-15(2-4-17)20-6-5-19(27-20)13-23-18-7-10-24(11-8-18)21(25)16-9-12-26-14-16/h1-6,9,12,14,18,23H,7-8,10-11,13H2. The second kappa shape index (κ2) is 8.06. The zero-order valence-corrected chi connectivity index (χ0v) is 15.7. The van der Waals surface area contributed by atoms with Gasteiger partial charge >= 0.3 is 0 Å². The second-order valence-electron chi connectivity index (χ2n) is 6.73. The average molecular weight is 384 g/mol. The first kappa shape index (κ1) is 17.9. The Bertz CT molecular complexity index is 881. The quantitative estimate of drug-likeness (QED) is 0.702. The van der Waals surface area contributed by atoms with Crippen LogP contribution in [0.3, 0.4) is 0 Å². The predicted octanol–water partition coefficient (Wildman–Crippen LogP) is 4.54. The number of hydrogen-bond donors (Lipinski definition) is 1. The van der Waals surface area contributed by atoms with Crippen molar-refractivity contribution in [3.05, 3.63) is 71.2 Å². The number of thiophene rings is 1. The van der Waals surface area contributed by atoms with Crippen LogP contribution in [0, 0.1) is 5.82 Å². The van der Waals surface area contributed by atoms with E-state index < -0.39 is 0 Å². The first-order chi connectivity index (χ1) is 13.2. The number of benzene rings is 1. The van der Waals surface area contributed by atoms with Crippen molar-refractivity contribution in [3.8, 4) is 10.4 Å². The number of nitrogens with one attached hydrogen (secondary N) is 1. The Kier molecular flexibility index (Phi) is 5.36. The molecule has 1 aliphatic rings. The summed E-state index contributed by atoms with van der Waals surface area (Å²) in [5.41, 5.74) is 1.66. The maximum Gasteiger partial charge on any atom is 0.257 e. The molecule has 0 unspecified atom stereocenters. The van der Waals surface area contributed by atoms with Crippen LogP contribution in [0.5, 0.6) is 0 Å². The molecule has 3 heterocycles. The lowest BCUT2D eigenvalue weighted by Crippen LogP contribution is -2.44. The van der Waals surface area contributed by atoms with Crippen molar-refractivity contribution in [2.75, 3.05) is 13.1 Å². The molecule has 1 saturated heterocycles. The van der Waals surface area contributed by atoms with Gasteiger partial charge in [0, 0.05) is 35.4 Å². The highest BCUT2D eigenvalue weighted by molar-refractivity contribution is 7.15. The number of piperidine rings is 1. The largest absolute Gasteiger partial charge is 0.472 e. The summed E-state index contributed by atoms with van der Waals surface area (Å²) in [6, 6.07) is 12.9. The van der Waals surface area contributed by atoms with Gasteiger partial charge in [0.2, 0.25) is 0 Å². The maximum atomic E-state index is 13.1. The molecule has 2 aromatic heterocycles. The number of carbonyl (C=O) groups is 1. The monoisotopic (exact) mass is 384 g/mol. The van der Waals surface area contributed by atoms with E-state index in [2.05, 4.69) is 17.4 Å². The first-order valence-electron chi connectivity index (χ1n) is 9.08. The highest BCUT2D eigenvalue weighted by Crippen LogP contribution is 2.28. The number of carbonyl (C=O) groups excluding carboxylic acids is 1. The van der Waals surface area contributed by atoms with Crippen LogP contribution in [0.25, 0.3) is 10.4 Å². The van der Waals surface area contributed by atoms with Crippen LogP contribution >= 0.6 is 11.3 Å². The molecule has 1 amide bonds. The van der Waals surface area contributed by atoms with Gasteiger partial charge in [0.25, 0.3) is 5.91 Å². The van der Waals surface area contributed by atoms with Gasteiger partial charge in [-0.15, -0.1) is 11.3 Å². The lowest BCUT2D eigenvalue weighted by atomic mass is 10.0. The topological polar surface area (TPSA) is 45.5 Å². The second-order valence-corrected chi connectivity index (χ2v) is 7.90. The molecule has 6 heteroatoms. The van der Waals surface area contributed by atoms with E-state index in [0.717, 1.165) is 42.9 Å². The molecule has 0 saturated carbocycles. The van der Waals surface area contributed by atoms with E-state index in [1.807, 2.05) is 17.0 Å². The van der Waals surface area contributed by atoms with Crippen molar-refractivity contribution in [1.29, 1.82) is 0 Å². The normalized spacial score (nSPS) is 15.2. The fraction of sp³-hybridized carbons (Fsp3) is 0.286. The first-order valence-corrected chi connectivity index (χ1v) is 9.90. The Morgan fingerprint density at radius 1 is 1.15 bits per heavy atom. The number of rotatable bonds is 5. The molecule has 0 spiro atoms. The van der Waals surface area contributed by atoms with Crippen molar-refractivity contribution >= 4 is 17.2 Å². The summed E-state index contributed by atoms with van der Waals surface area (Å²) in [5, 5.41) is 3.60. The van der Waals surface area contributed by atoms with Gasteiger partial charge in [-0.25, -0.2) is 4.39 Å². The highest BCUT2D eigenvalue weighted by atomic mass is 32.1. The molecule has 0 bridgehead atoms. The van der Waals surface area contributed by atoms with Gasteiger partial charge in [0.1, 0.15) is 12.1 Å². The number of hydrogen-bond acceptors (Lipinski definition) is 4. The SMILES string of the molecule is O=C(c1ccoc1)N1CCC(NCc2ccc(-c3ccc(F)cc3)s2)CC1. The molecule has 4 nitrogen and oxygen atoms in total. The molecule has 1 N–H and O–H groups in total. The zero-order chi connectivity index (χ0) is 18.6. The molecule has 0 aliphatic carbocycles. The van der Waals surface area contributed by atoms with Gasteiger partial charge in [-0.3, -0.25) is 4.79 Å². The highest BCUT2D eigenvalue weighted by Gasteiger charge is 2.23. The Hall–Kier alpha value is -2.44. The van der Waals surface area contributed by atoms with Gasteiger partial charge in [0.15, 0.2) is 0 Å². The molecule has 1 aromatic carbocycles. The van der Waals surface area contributed by atoms with Gasteiger partial charge in [-0.05, 0) is 48.7 Å². The lowest BCUT2D eigenvalue weighted by molar-refractivity contribution is 0.0704. The van der Waals surface area contributed by atoms with Gasteiger partial charge in [0.05, 0.1) is 11.8 Å². The van der Waals surface area contributed by atoms with E-state index >= 15 is 0 Å². The van der Waals surface area contributed by atoms with Gasteiger partial charge in [-0.2, -0.15) is 0 Å².